The zero-order chi connectivity index (χ0) is 9.03. The van der Waals surface area contributed by atoms with Gasteiger partial charge < -0.3 is 5.32 Å². The van der Waals surface area contributed by atoms with Crippen LogP contribution in [0.25, 0.3) is 0 Å². The van der Waals surface area contributed by atoms with Crippen molar-refractivity contribution >= 4 is 10.2 Å². The number of hydrogen-bond acceptors (Lipinski definition) is 3. The molecule has 1 aliphatic heterocycles. The number of nitrogens with one attached hydrogen (secondary N) is 3. The molecule has 1 rings (SSSR count). The van der Waals surface area contributed by atoms with Gasteiger partial charge in [-0.1, -0.05) is 0 Å². The second-order valence-corrected chi connectivity index (χ2v) is 4.53. The molecular weight excluding hydrogens is 178 g/mol. The Bertz CT molecular complexity index is 223. The molecule has 0 radical (unpaired) electrons. The van der Waals surface area contributed by atoms with Gasteiger partial charge in [0.05, 0.1) is 0 Å². The third-order valence-electron chi connectivity index (χ3n) is 1.98. The Morgan fingerprint density at radius 3 is 2.67 bits per heavy atom. The van der Waals surface area contributed by atoms with Crippen molar-refractivity contribution in [1.29, 1.82) is 0 Å². The van der Waals surface area contributed by atoms with Gasteiger partial charge in [-0.3, -0.25) is 0 Å². The Kier molecular flexibility index (Phi) is 3.45. The first kappa shape index (κ1) is 9.91. The summed E-state index contributed by atoms with van der Waals surface area (Å²) in [6.07, 6.45) is 2.02. The first-order chi connectivity index (χ1) is 5.64. The van der Waals surface area contributed by atoms with Crippen molar-refractivity contribution in [2.75, 3.05) is 20.1 Å². The third-order valence-corrected chi connectivity index (χ3v) is 3.10. The van der Waals surface area contributed by atoms with Crippen LogP contribution in [0.3, 0.4) is 0 Å². The van der Waals surface area contributed by atoms with E-state index >= 15 is 0 Å². The standard InChI is InChI=1S/C6H15N3O2S/c1-7-12(10,11)9-5-3-6-2-4-8-6/h6-9H,2-5H2,1H3. The Morgan fingerprint density at radius 1 is 1.58 bits per heavy atom. The fraction of sp³-hybridized carbons (Fsp3) is 1.00. The first-order valence-electron chi connectivity index (χ1n) is 4.05. The normalized spacial score (nSPS) is 23.6. The lowest BCUT2D eigenvalue weighted by Gasteiger charge is -2.27. The molecule has 1 aliphatic rings. The van der Waals surface area contributed by atoms with Gasteiger partial charge in [0.1, 0.15) is 0 Å². The topological polar surface area (TPSA) is 70.2 Å². The van der Waals surface area contributed by atoms with Crippen molar-refractivity contribution in [2.45, 2.75) is 18.9 Å². The van der Waals surface area contributed by atoms with Crippen molar-refractivity contribution in [3.8, 4) is 0 Å². The molecule has 1 atom stereocenters. The predicted molar refractivity (Wildman–Crippen MR) is 47.0 cm³/mol. The minimum Gasteiger partial charge on any atom is -0.314 e. The molecule has 6 heteroatoms. The highest BCUT2D eigenvalue weighted by Gasteiger charge is 2.16. The molecule has 0 bridgehead atoms. The summed E-state index contributed by atoms with van der Waals surface area (Å²) < 4.78 is 26.3. The minimum absolute atomic E-state index is 0.501. The van der Waals surface area contributed by atoms with Crippen LogP contribution in [-0.4, -0.2) is 34.6 Å². The van der Waals surface area contributed by atoms with E-state index in [0.717, 1.165) is 19.4 Å². The molecule has 0 aromatic carbocycles. The van der Waals surface area contributed by atoms with E-state index in [1.807, 2.05) is 0 Å². The molecule has 1 saturated heterocycles. The Balaban J connectivity index is 2.08. The molecule has 1 unspecified atom stereocenters. The zero-order valence-electron chi connectivity index (χ0n) is 7.13. The van der Waals surface area contributed by atoms with Gasteiger partial charge >= 0.3 is 0 Å². The molecule has 0 spiro atoms. The van der Waals surface area contributed by atoms with E-state index in [-0.39, 0.29) is 0 Å². The van der Waals surface area contributed by atoms with Crippen LogP contribution in [0.5, 0.6) is 0 Å². The maximum Gasteiger partial charge on any atom is 0.276 e. The van der Waals surface area contributed by atoms with Crippen LogP contribution in [0.2, 0.25) is 0 Å². The van der Waals surface area contributed by atoms with Gasteiger partial charge in [0.2, 0.25) is 0 Å². The lowest BCUT2D eigenvalue weighted by atomic mass is 10.0. The van der Waals surface area contributed by atoms with E-state index in [2.05, 4.69) is 14.8 Å². The van der Waals surface area contributed by atoms with Crippen LogP contribution in [-0.2, 0) is 10.2 Å². The SMILES string of the molecule is CNS(=O)(=O)NCCC1CCN1. The van der Waals surface area contributed by atoms with Crippen molar-refractivity contribution < 1.29 is 8.42 Å². The predicted octanol–water partition coefficient (Wildman–Crippen LogP) is -1.21. The first-order valence-corrected chi connectivity index (χ1v) is 5.54. The quantitative estimate of drug-likeness (QED) is 0.513. The fourth-order valence-electron chi connectivity index (χ4n) is 1.03. The molecule has 0 aliphatic carbocycles. The zero-order valence-corrected chi connectivity index (χ0v) is 7.95. The van der Waals surface area contributed by atoms with E-state index in [9.17, 15) is 8.42 Å². The van der Waals surface area contributed by atoms with Gasteiger partial charge in [0.25, 0.3) is 10.2 Å². The Labute approximate surface area is 73.1 Å². The summed E-state index contributed by atoms with van der Waals surface area (Å²) in [4.78, 5) is 0. The van der Waals surface area contributed by atoms with Crippen LogP contribution >= 0.6 is 0 Å². The third kappa shape index (κ3) is 3.06. The molecule has 0 amide bonds. The largest absolute Gasteiger partial charge is 0.314 e. The van der Waals surface area contributed by atoms with Gasteiger partial charge in [0.15, 0.2) is 0 Å². The summed E-state index contributed by atoms with van der Waals surface area (Å²) in [5.41, 5.74) is 0. The molecule has 3 N–H and O–H groups in total. The van der Waals surface area contributed by atoms with Crippen LogP contribution < -0.4 is 14.8 Å². The van der Waals surface area contributed by atoms with Crippen LogP contribution in [0.1, 0.15) is 12.8 Å². The molecular formula is C6H15N3O2S. The molecule has 0 aromatic heterocycles. The second kappa shape index (κ2) is 4.18. The van der Waals surface area contributed by atoms with E-state index in [0.29, 0.717) is 12.6 Å². The summed E-state index contributed by atoms with van der Waals surface area (Å²) in [5, 5.41) is 3.19. The van der Waals surface area contributed by atoms with E-state index in [1.54, 1.807) is 0 Å². The van der Waals surface area contributed by atoms with Gasteiger partial charge in [-0.15, -0.1) is 0 Å². The van der Waals surface area contributed by atoms with Gasteiger partial charge in [-0.05, 0) is 19.4 Å². The second-order valence-electron chi connectivity index (χ2n) is 2.83. The number of rotatable bonds is 5. The van der Waals surface area contributed by atoms with Crippen molar-refractivity contribution in [1.82, 2.24) is 14.8 Å². The van der Waals surface area contributed by atoms with Crippen molar-refractivity contribution in [3.63, 3.8) is 0 Å². The molecule has 72 valence electrons. The van der Waals surface area contributed by atoms with Gasteiger partial charge in [-0.25, -0.2) is 9.44 Å². The molecule has 5 nitrogen and oxygen atoms in total. The fourth-order valence-corrected chi connectivity index (χ4v) is 1.57. The molecule has 0 aromatic rings. The highest BCUT2D eigenvalue weighted by atomic mass is 32.2. The van der Waals surface area contributed by atoms with Crippen molar-refractivity contribution in [2.24, 2.45) is 0 Å². The van der Waals surface area contributed by atoms with Crippen molar-refractivity contribution in [3.05, 3.63) is 0 Å². The van der Waals surface area contributed by atoms with Gasteiger partial charge in [0, 0.05) is 19.6 Å². The summed E-state index contributed by atoms with van der Waals surface area (Å²) in [5.74, 6) is 0. The maximum absolute atomic E-state index is 10.8. The minimum atomic E-state index is -3.23. The number of hydrogen-bond donors (Lipinski definition) is 3. The van der Waals surface area contributed by atoms with Gasteiger partial charge in [-0.2, -0.15) is 8.42 Å². The molecule has 1 fully saturated rings. The molecule has 1 heterocycles. The lowest BCUT2D eigenvalue weighted by molar-refractivity contribution is 0.351. The smallest absolute Gasteiger partial charge is 0.276 e. The summed E-state index contributed by atoms with van der Waals surface area (Å²) in [6, 6.07) is 0.504. The highest BCUT2D eigenvalue weighted by molar-refractivity contribution is 7.87. The van der Waals surface area contributed by atoms with E-state index < -0.39 is 10.2 Å². The molecule has 12 heavy (non-hydrogen) atoms. The average Bonchev–Trinajstić information content (AvgIpc) is 1.95. The maximum atomic E-state index is 10.8. The lowest BCUT2D eigenvalue weighted by Crippen LogP contribution is -2.45. The van der Waals surface area contributed by atoms with Crippen LogP contribution in [0.4, 0.5) is 0 Å². The van der Waals surface area contributed by atoms with Crippen LogP contribution in [0.15, 0.2) is 0 Å². The monoisotopic (exact) mass is 193 g/mol. The summed E-state index contributed by atoms with van der Waals surface area (Å²) >= 11 is 0. The van der Waals surface area contributed by atoms with Crippen LogP contribution in [0, 0.1) is 0 Å². The Morgan fingerprint density at radius 2 is 2.25 bits per heavy atom. The summed E-state index contributed by atoms with van der Waals surface area (Å²) in [7, 11) is -1.83. The summed E-state index contributed by atoms with van der Waals surface area (Å²) in [6.45, 7) is 1.56. The average molecular weight is 193 g/mol. The van der Waals surface area contributed by atoms with E-state index in [1.165, 1.54) is 7.05 Å². The highest BCUT2D eigenvalue weighted by Crippen LogP contribution is 2.04. The Hall–Kier alpha value is -0.170. The molecule has 0 saturated carbocycles. The van der Waals surface area contributed by atoms with E-state index in [4.69, 9.17) is 0 Å².